The maximum atomic E-state index is 12.6. The van der Waals surface area contributed by atoms with Crippen molar-refractivity contribution in [3.05, 3.63) is 54.4 Å². The molecule has 0 unspecified atom stereocenters. The molecule has 0 aromatic carbocycles. The summed E-state index contributed by atoms with van der Waals surface area (Å²) in [6.07, 6.45) is 7.17. The van der Waals surface area contributed by atoms with E-state index < -0.39 is 6.03 Å². The first kappa shape index (κ1) is 19.0. The maximum Gasteiger partial charge on any atom is 0.323 e. The third-order valence-electron chi connectivity index (χ3n) is 4.29. The van der Waals surface area contributed by atoms with Crippen LogP contribution in [-0.4, -0.2) is 47.7 Å². The average Bonchev–Trinajstić information content (AvgIpc) is 3.45. The van der Waals surface area contributed by atoms with Crippen molar-refractivity contribution in [1.29, 1.82) is 5.26 Å². The van der Waals surface area contributed by atoms with E-state index in [1.54, 1.807) is 23.9 Å². The van der Waals surface area contributed by atoms with Gasteiger partial charge in [0.2, 0.25) is 0 Å². The predicted octanol–water partition coefficient (Wildman–Crippen LogP) is 1.93. The Hall–Kier alpha value is -4.37. The number of carbonyl (C=O) groups is 1. The second-order valence-electron chi connectivity index (χ2n) is 6.14. The van der Waals surface area contributed by atoms with Crippen LogP contribution >= 0.6 is 0 Å². The van der Waals surface area contributed by atoms with Gasteiger partial charge in [-0.1, -0.05) is 0 Å². The number of ether oxygens (including phenoxy) is 1. The van der Waals surface area contributed by atoms with Crippen molar-refractivity contribution in [2.75, 3.05) is 17.7 Å². The molecule has 4 aromatic heterocycles. The van der Waals surface area contributed by atoms with Crippen molar-refractivity contribution < 1.29 is 9.53 Å². The Labute approximate surface area is 170 Å². The molecule has 150 valence electrons. The number of pyridine rings is 1. The van der Waals surface area contributed by atoms with Gasteiger partial charge in [0.1, 0.15) is 11.6 Å². The highest BCUT2D eigenvalue weighted by Crippen LogP contribution is 2.25. The molecule has 0 saturated carbocycles. The molecule has 0 fully saturated rings. The standard InChI is InChI=1S/C18H16N10O2/c1-11(30-2)16-14(10-20-15-3-4-22-27(15)16)26-18(29)25-13-7-12(8-19)17(21-9-13)28-23-5-6-24-28/h3-7,9-11H,1-2H3,(H2,25,26,29)/t11-/m0/s1. The van der Waals surface area contributed by atoms with Crippen LogP contribution in [0.1, 0.15) is 24.3 Å². The van der Waals surface area contributed by atoms with E-state index in [0.717, 1.165) is 0 Å². The molecule has 0 bridgehead atoms. The normalized spacial score (nSPS) is 11.8. The van der Waals surface area contributed by atoms with Crippen LogP contribution in [0.15, 0.2) is 43.1 Å². The van der Waals surface area contributed by atoms with E-state index >= 15 is 0 Å². The van der Waals surface area contributed by atoms with Crippen LogP contribution in [0.5, 0.6) is 0 Å². The lowest BCUT2D eigenvalue weighted by Crippen LogP contribution is -2.22. The molecule has 0 aliphatic rings. The molecule has 0 aliphatic heterocycles. The van der Waals surface area contributed by atoms with Gasteiger partial charge < -0.3 is 15.4 Å². The van der Waals surface area contributed by atoms with Gasteiger partial charge in [0.15, 0.2) is 11.5 Å². The molecule has 2 amide bonds. The molecule has 0 aliphatic carbocycles. The van der Waals surface area contributed by atoms with Crippen molar-refractivity contribution in [2.45, 2.75) is 13.0 Å². The second-order valence-corrected chi connectivity index (χ2v) is 6.14. The minimum atomic E-state index is -0.538. The smallest absolute Gasteiger partial charge is 0.323 e. The Kier molecular flexibility index (Phi) is 5.02. The average molecular weight is 404 g/mol. The highest BCUT2D eigenvalue weighted by atomic mass is 16.5. The summed E-state index contributed by atoms with van der Waals surface area (Å²) in [5, 5.41) is 27.0. The first-order valence-electron chi connectivity index (χ1n) is 8.81. The predicted molar refractivity (Wildman–Crippen MR) is 105 cm³/mol. The largest absolute Gasteiger partial charge is 0.375 e. The van der Waals surface area contributed by atoms with Crippen LogP contribution in [0.3, 0.4) is 0 Å². The van der Waals surface area contributed by atoms with Gasteiger partial charge in [-0.05, 0) is 13.0 Å². The Morgan fingerprint density at radius 2 is 1.97 bits per heavy atom. The van der Waals surface area contributed by atoms with E-state index in [1.165, 1.54) is 35.7 Å². The number of nitrogens with zero attached hydrogens (tertiary/aromatic N) is 8. The number of carbonyl (C=O) groups excluding carboxylic acids is 1. The first-order chi connectivity index (χ1) is 14.6. The van der Waals surface area contributed by atoms with Gasteiger partial charge in [0.05, 0.1) is 54.2 Å². The topological polar surface area (TPSA) is 148 Å². The highest BCUT2D eigenvalue weighted by Gasteiger charge is 2.18. The minimum Gasteiger partial charge on any atom is -0.375 e. The maximum absolute atomic E-state index is 12.6. The third kappa shape index (κ3) is 3.52. The Bertz CT molecular complexity index is 1240. The lowest BCUT2D eigenvalue weighted by atomic mass is 10.2. The number of nitrogens with one attached hydrogen (secondary N) is 2. The monoisotopic (exact) mass is 404 g/mol. The molecule has 0 saturated heterocycles. The molecule has 2 N–H and O–H groups in total. The quantitative estimate of drug-likeness (QED) is 0.512. The third-order valence-corrected chi connectivity index (χ3v) is 4.29. The summed E-state index contributed by atoms with van der Waals surface area (Å²) in [6, 6.07) is 4.72. The summed E-state index contributed by atoms with van der Waals surface area (Å²) >= 11 is 0. The fraction of sp³-hybridized carbons (Fsp3) is 0.167. The number of methoxy groups -OCH3 is 1. The highest BCUT2D eigenvalue weighted by molar-refractivity contribution is 6.00. The van der Waals surface area contributed by atoms with Crippen molar-refractivity contribution >= 4 is 23.1 Å². The van der Waals surface area contributed by atoms with Gasteiger partial charge in [0.25, 0.3) is 0 Å². The number of hydrogen-bond donors (Lipinski definition) is 2. The number of anilines is 2. The van der Waals surface area contributed by atoms with E-state index in [9.17, 15) is 10.1 Å². The SMILES string of the molecule is CO[C@@H](C)c1c(NC(=O)Nc2cnc(-n3nccn3)c(C#N)c2)cnc2ccnn12. The van der Waals surface area contributed by atoms with Crippen LogP contribution < -0.4 is 10.6 Å². The molecule has 1 atom stereocenters. The Balaban J connectivity index is 1.58. The summed E-state index contributed by atoms with van der Waals surface area (Å²) in [4.78, 5) is 22.2. The molecule has 4 rings (SSSR count). The molecule has 12 nitrogen and oxygen atoms in total. The van der Waals surface area contributed by atoms with Crippen molar-refractivity contribution in [1.82, 2.24) is 34.6 Å². The van der Waals surface area contributed by atoms with E-state index in [0.29, 0.717) is 22.7 Å². The van der Waals surface area contributed by atoms with Gasteiger partial charge in [-0.3, -0.25) is 0 Å². The second kappa shape index (κ2) is 7.94. The Morgan fingerprint density at radius 1 is 1.17 bits per heavy atom. The van der Waals surface area contributed by atoms with Crippen molar-refractivity contribution in [2.24, 2.45) is 0 Å². The number of urea groups is 1. The fourth-order valence-corrected chi connectivity index (χ4v) is 2.87. The summed E-state index contributed by atoms with van der Waals surface area (Å²) in [6.45, 7) is 1.84. The molecule has 0 spiro atoms. The first-order valence-corrected chi connectivity index (χ1v) is 8.81. The Morgan fingerprint density at radius 3 is 2.70 bits per heavy atom. The van der Waals surface area contributed by atoms with Crippen LogP contribution in [0.25, 0.3) is 11.5 Å². The van der Waals surface area contributed by atoms with Crippen molar-refractivity contribution in [3.63, 3.8) is 0 Å². The van der Waals surface area contributed by atoms with Crippen molar-refractivity contribution in [3.8, 4) is 11.9 Å². The molecular weight excluding hydrogens is 388 g/mol. The number of nitriles is 1. The molecule has 12 heteroatoms. The van der Waals surface area contributed by atoms with E-state index in [1.807, 2.05) is 13.0 Å². The van der Waals surface area contributed by atoms with Crippen LogP contribution in [-0.2, 0) is 4.74 Å². The zero-order valence-electron chi connectivity index (χ0n) is 16.0. The number of amides is 2. The van der Waals surface area contributed by atoms with Gasteiger partial charge in [-0.25, -0.2) is 19.3 Å². The summed E-state index contributed by atoms with van der Waals surface area (Å²) < 4.78 is 7.01. The lowest BCUT2D eigenvalue weighted by Gasteiger charge is -2.17. The van der Waals surface area contributed by atoms with Gasteiger partial charge in [0, 0.05) is 13.2 Å². The molecule has 4 heterocycles. The van der Waals surface area contributed by atoms with Gasteiger partial charge >= 0.3 is 6.03 Å². The van der Waals surface area contributed by atoms with Crippen LogP contribution in [0.4, 0.5) is 16.2 Å². The number of fused-ring (bicyclic) bond motifs is 1. The molecule has 0 radical (unpaired) electrons. The fourth-order valence-electron chi connectivity index (χ4n) is 2.87. The van der Waals surface area contributed by atoms with E-state index in [-0.39, 0.29) is 17.5 Å². The van der Waals surface area contributed by atoms with Gasteiger partial charge in [-0.2, -0.15) is 20.6 Å². The molecular formula is C18H16N10O2. The minimum absolute atomic E-state index is 0.206. The molecule has 4 aromatic rings. The summed E-state index contributed by atoms with van der Waals surface area (Å²) in [5.74, 6) is 0.262. The summed E-state index contributed by atoms with van der Waals surface area (Å²) in [7, 11) is 1.56. The van der Waals surface area contributed by atoms with Crippen LogP contribution in [0.2, 0.25) is 0 Å². The number of hydrogen-bond acceptors (Lipinski definition) is 8. The summed E-state index contributed by atoms with van der Waals surface area (Å²) in [5.41, 5.74) is 2.24. The lowest BCUT2D eigenvalue weighted by molar-refractivity contribution is 0.114. The van der Waals surface area contributed by atoms with Gasteiger partial charge in [-0.15, -0.1) is 4.80 Å². The zero-order valence-corrected chi connectivity index (χ0v) is 16.0. The van der Waals surface area contributed by atoms with Crippen LogP contribution in [0, 0.1) is 11.3 Å². The zero-order chi connectivity index (χ0) is 21.1. The van der Waals surface area contributed by atoms with E-state index in [2.05, 4.69) is 35.9 Å². The number of rotatable bonds is 5. The van der Waals surface area contributed by atoms with E-state index in [4.69, 9.17) is 4.74 Å². The molecule has 30 heavy (non-hydrogen) atoms. The number of aromatic nitrogens is 7.